The van der Waals surface area contributed by atoms with E-state index in [0.717, 1.165) is 0 Å². The predicted molar refractivity (Wildman–Crippen MR) is 16.1 cm³/mol. The summed E-state index contributed by atoms with van der Waals surface area (Å²) in [5.41, 5.74) is 0. The second-order valence-corrected chi connectivity index (χ2v) is 1.36. The van der Waals surface area contributed by atoms with Crippen LogP contribution in [-0.4, -0.2) is 42.8 Å². The zero-order chi connectivity index (χ0) is 8.08. The van der Waals surface area contributed by atoms with Crippen molar-refractivity contribution in [3.8, 4) is 0 Å². The van der Waals surface area contributed by atoms with E-state index in [2.05, 4.69) is 0 Å². The monoisotopic (exact) mass is 224 g/mol. The molecule has 8 nitrogen and oxygen atoms in total. The molecule has 0 N–H and O–H groups in total. The maximum atomic E-state index is 8.49. The summed E-state index contributed by atoms with van der Waals surface area (Å²) in [7, 11) is -4.94. The van der Waals surface area contributed by atoms with E-state index in [1.54, 1.807) is 0 Å². The molecular formula is CaClNNaO7+. The van der Waals surface area contributed by atoms with Gasteiger partial charge in [-0.15, -0.1) is 10.2 Å². The van der Waals surface area contributed by atoms with Crippen molar-refractivity contribution >= 4 is 37.7 Å². The Bertz CT molecular complexity index is 80.9. The maximum absolute atomic E-state index is 8.49. The quantitative estimate of drug-likeness (QED) is 0.224. The summed E-state index contributed by atoms with van der Waals surface area (Å²) in [4.78, 5) is 8.25. The van der Waals surface area contributed by atoms with Crippen LogP contribution >= 0.6 is 0 Å². The van der Waals surface area contributed by atoms with Crippen LogP contribution in [0.2, 0.25) is 0 Å². The average Bonchev–Trinajstić information content (AvgIpc) is 1.19. The molecule has 0 saturated heterocycles. The molecule has 0 heterocycles. The van der Waals surface area contributed by atoms with Crippen molar-refractivity contribution in [2.45, 2.75) is 0 Å². The van der Waals surface area contributed by atoms with Gasteiger partial charge in [-0.2, -0.15) is 0 Å². The van der Waals surface area contributed by atoms with E-state index < -0.39 is 15.3 Å². The third-order valence-corrected chi connectivity index (χ3v) is 0. The molecule has 56 valence electrons. The standard InChI is InChI=1S/Ca.ClHO4.NO3.Na/c;2-1(3,4)5;2-1(3)4;/h;(H,2,3,4,5);;/q+2;;-1;+1/p-1. The van der Waals surface area contributed by atoms with Crippen molar-refractivity contribution < 1.29 is 63.5 Å². The first-order valence-electron chi connectivity index (χ1n) is 1.16. The first-order valence-corrected chi connectivity index (χ1v) is 2.40. The van der Waals surface area contributed by atoms with Crippen LogP contribution < -0.4 is 48.2 Å². The van der Waals surface area contributed by atoms with Crippen LogP contribution in [0.3, 0.4) is 0 Å². The van der Waals surface area contributed by atoms with E-state index in [9.17, 15) is 0 Å². The average molecular weight is 225 g/mol. The molecule has 0 radical (unpaired) electrons. The van der Waals surface area contributed by atoms with E-state index in [0.29, 0.717) is 0 Å². The summed E-state index contributed by atoms with van der Waals surface area (Å²) in [6.07, 6.45) is 0. The summed E-state index contributed by atoms with van der Waals surface area (Å²) in [6.45, 7) is 0. The Labute approximate surface area is 115 Å². The van der Waals surface area contributed by atoms with E-state index in [4.69, 9.17) is 34.0 Å². The van der Waals surface area contributed by atoms with Crippen molar-refractivity contribution in [3.05, 3.63) is 15.3 Å². The molecule has 11 heavy (non-hydrogen) atoms. The summed E-state index contributed by atoms with van der Waals surface area (Å²) in [6, 6.07) is 0. The van der Waals surface area contributed by atoms with Gasteiger partial charge in [-0.05, 0) is 0 Å². The van der Waals surface area contributed by atoms with Crippen LogP contribution in [0.25, 0.3) is 0 Å². The molecule has 0 bridgehead atoms. The summed E-state index contributed by atoms with van der Waals surface area (Å²) in [5.74, 6) is 0. The Morgan fingerprint density at radius 2 is 1.00 bits per heavy atom. The minimum atomic E-state index is -4.94. The Hall–Kier alpha value is 1.59. The molecule has 0 spiro atoms. The van der Waals surface area contributed by atoms with E-state index in [-0.39, 0.29) is 67.3 Å². The van der Waals surface area contributed by atoms with Gasteiger partial charge in [-0.25, -0.2) is 18.6 Å². The first-order chi connectivity index (χ1) is 3.73. The second-order valence-electron chi connectivity index (χ2n) is 0.602. The SMILES string of the molecule is O=[N+]([O-])[O-].[Ca+2].[Na+].[O-][Cl+3]([O-])([O-])[O-]. The van der Waals surface area contributed by atoms with Crippen molar-refractivity contribution in [1.82, 2.24) is 0 Å². The number of nitrogens with zero attached hydrogens (tertiary/aromatic N) is 1. The first kappa shape index (κ1) is 22.9. The van der Waals surface area contributed by atoms with Gasteiger partial charge in [0, 0.05) is 0 Å². The van der Waals surface area contributed by atoms with Gasteiger partial charge in [-0.1, -0.05) is 0 Å². The second kappa shape index (κ2) is 11.6. The van der Waals surface area contributed by atoms with Crippen LogP contribution in [0.4, 0.5) is 0 Å². The van der Waals surface area contributed by atoms with Crippen LogP contribution in [0.15, 0.2) is 0 Å². The third-order valence-electron chi connectivity index (χ3n) is 0. The van der Waals surface area contributed by atoms with Crippen LogP contribution in [0.1, 0.15) is 0 Å². The normalized spacial score (nSPS) is 7.64. The molecule has 0 saturated carbocycles. The van der Waals surface area contributed by atoms with Gasteiger partial charge in [0.05, 0.1) is 5.09 Å². The van der Waals surface area contributed by atoms with Crippen LogP contribution in [0, 0.1) is 25.6 Å². The van der Waals surface area contributed by atoms with Crippen LogP contribution in [-0.2, 0) is 0 Å². The number of hydrogen-bond donors (Lipinski definition) is 0. The van der Waals surface area contributed by atoms with Gasteiger partial charge in [-0.3, -0.25) is 0 Å². The molecular weight excluding hydrogens is 225 g/mol. The summed E-state index contributed by atoms with van der Waals surface area (Å²) in [5, 5.41) is 14.8. The van der Waals surface area contributed by atoms with Gasteiger partial charge in [0.2, 0.25) is 0 Å². The Morgan fingerprint density at radius 1 is 1.00 bits per heavy atom. The molecule has 0 aromatic carbocycles. The van der Waals surface area contributed by atoms with Gasteiger partial charge in [0.15, 0.2) is 0 Å². The molecule has 0 aromatic heterocycles. The Morgan fingerprint density at radius 3 is 1.00 bits per heavy atom. The minimum Gasteiger partial charge on any atom is -0.356 e. The minimum absolute atomic E-state index is 0. The smallest absolute Gasteiger partial charge is 0.356 e. The van der Waals surface area contributed by atoms with Crippen molar-refractivity contribution in [2.24, 2.45) is 0 Å². The molecule has 0 aliphatic carbocycles. The third kappa shape index (κ3) is 422. The topological polar surface area (TPSA) is 158 Å². The Kier molecular flexibility index (Phi) is 24.1. The molecule has 0 fully saturated rings. The van der Waals surface area contributed by atoms with Crippen molar-refractivity contribution in [3.63, 3.8) is 0 Å². The van der Waals surface area contributed by atoms with Gasteiger partial charge < -0.3 is 15.3 Å². The van der Waals surface area contributed by atoms with Gasteiger partial charge in [0.1, 0.15) is 0 Å². The fourth-order valence-electron chi connectivity index (χ4n) is 0. The molecule has 0 unspecified atom stereocenters. The molecule has 0 aliphatic heterocycles. The number of halogens is 1. The van der Waals surface area contributed by atoms with Crippen molar-refractivity contribution in [2.75, 3.05) is 0 Å². The zero-order valence-corrected chi connectivity index (χ0v) is 10.4. The molecule has 0 rings (SSSR count). The van der Waals surface area contributed by atoms with Crippen LogP contribution in [0.5, 0.6) is 0 Å². The summed E-state index contributed by atoms with van der Waals surface area (Å²) < 4.78 is 34.0. The van der Waals surface area contributed by atoms with E-state index in [1.165, 1.54) is 0 Å². The van der Waals surface area contributed by atoms with E-state index >= 15 is 0 Å². The predicted octanol–water partition coefficient (Wildman–Crippen LogP) is -8.37. The largest absolute Gasteiger partial charge is 2.00 e. The molecule has 0 aromatic rings. The Balaban J connectivity index is -0.0000000383. The van der Waals surface area contributed by atoms with Gasteiger partial charge >= 0.3 is 67.3 Å². The molecule has 0 aliphatic rings. The fourth-order valence-corrected chi connectivity index (χ4v) is 0. The van der Waals surface area contributed by atoms with E-state index in [1.807, 2.05) is 0 Å². The molecule has 0 amide bonds. The molecule has 11 heteroatoms. The number of hydrogen-bond acceptors (Lipinski definition) is 7. The zero-order valence-electron chi connectivity index (χ0n) is 5.39. The molecule has 0 atom stereocenters. The fraction of sp³-hybridized carbons (Fsp3) is 0. The number of rotatable bonds is 0. The summed E-state index contributed by atoms with van der Waals surface area (Å²) >= 11 is 0. The van der Waals surface area contributed by atoms with Crippen molar-refractivity contribution in [1.29, 1.82) is 0 Å². The van der Waals surface area contributed by atoms with Gasteiger partial charge in [0.25, 0.3) is 0 Å². The maximum Gasteiger partial charge on any atom is 2.00 e.